The largest absolute Gasteiger partial charge is 0.546 e. The summed E-state index contributed by atoms with van der Waals surface area (Å²) in [6, 6.07) is 12.6. The fourth-order valence-electron chi connectivity index (χ4n) is 3.22. The second kappa shape index (κ2) is 7.23. The molecule has 4 aromatic rings. The number of hydrogen-bond acceptors (Lipinski definition) is 6. The Labute approximate surface area is 160 Å². The van der Waals surface area contributed by atoms with Crippen molar-refractivity contribution in [1.29, 1.82) is 0 Å². The van der Waals surface area contributed by atoms with E-state index in [1.807, 2.05) is 31.2 Å². The van der Waals surface area contributed by atoms with Crippen molar-refractivity contribution in [1.82, 2.24) is 0 Å². The van der Waals surface area contributed by atoms with Gasteiger partial charge in [0.05, 0.1) is 11.4 Å². The minimum Gasteiger partial charge on any atom is -0.546 e. The van der Waals surface area contributed by atoms with Gasteiger partial charge in [-0.1, -0.05) is 31.5 Å². The van der Waals surface area contributed by atoms with Crippen molar-refractivity contribution < 1.29 is 23.5 Å². The molecule has 0 amide bonds. The zero-order valence-electron chi connectivity index (χ0n) is 15.2. The van der Waals surface area contributed by atoms with Crippen molar-refractivity contribution in [2.24, 2.45) is 0 Å². The Morgan fingerprint density at radius 1 is 1.14 bits per heavy atom. The SMILES string of the molecule is CCCc1cc2c(=O)c(-c3cc4ccccc4o3)coc2cc1OCC(=O)[O-]. The van der Waals surface area contributed by atoms with E-state index in [0.29, 0.717) is 40.0 Å². The molecule has 6 heteroatoms. The van der Waals surface area contributed by atoms with Gasteiger partial charge in [0.25, 0.3) is 0 Å². The summed E-state index contributed by atoms with van der Waals surface area (Å²) in [7, 11) is 0. The normalized spacial score (nSPS) is 11.2. The third-order valence-corrected chi connectivity index (χ3v) is 4.51. The van der Waals surface area contributed by atoms with Gasteiger partial charge in [0.2, 0.25) is 5.43 Å². The highest BCUT2D eigenvalue weighted by molar-refractivity contribution is 5.86. The van der Waals surface area contributed by atoms with E-state index in [-0.39, 0.29) is 5.43 Å². The highest BCUT2D eigenvalue weighted by atomic mass is 16.5. The Balaban J connectivity index is 1.84. The summed E-state index contributed by atoms with van der Waals surface area (Å²) in [5, 5.41) is 12.0. The highest BCUT2D eigenvalue weighted by Gasteiger charge is 2.16. The van der Waals surface area contributed by atoms with E-state index in [1.54, 1.807) is 18.2 Å². The molecule has 0 bridgehead atoms. The predicted octanol–water partition coefficient (Wildman–Crippen LogP) is 3.29. The molecule has 0 aliphatic carbocycles. The van der Waals surface area contributed by atoms with E-state index in [1.165, 1.54) is 6.26 Å². The lowest BCUT2D eigenvalue weighted by Gasteiger charge is -2.12. The molecule has 0 aliphatic heterocycles. The number of carbonyl (C=O) groups excluding carboxylic acids is 1. The number of carboxylic acids is 1. The van der Waals surface area contributed by atoms with E-state index in [2.05, 4.69) is 0 Å². The zero-order valence-corrected chi connectivity index (χ0v) is 15.2. The van der Waals surface area contributed by atoms with Crippen LogP contribution in [0.15, 0.2) is 62.4 Å². The first-order chi connectivity index (χ1) is 13.6. The predicted molar refractivity (Wildman–Crippen MR) is 102 cm³/mol. The Bertz CT molecular complexity index is 1200. The number of hydrogen-bond donors (Lipinski definition) is 0. The Hall–Kier alpha value is -3.54. The van der Waals surface area contributed by atoms with E-state index in [4.69, 9.17) is 13.6 Å². The van der Waals surface area contributed by atoms with E-state index < -0.39 is 12.6 Å². The number of furan rings is 1. The van der Waals surface area contributed by atoms with Gasteiger partial charge >= 0.3 is 0 Å². The van der Waals surface area contributed by atoms with Gasteiger partial charge in [-0.25, -0.2) is 0 Å². The van der Waals surface area contributed by atoms with E-state index in [0.717, 1.165) is 17.4 Å². The lowest BCUT2D eigenvalue weighted by Crippen LogP contribution is -2.29. The van der Waals surface area contributed by atoms with Crippen LogP contribution in [0.1, 0.15) is 18.9 Å². The van der Waals surface area contributed by atoms with Gasteiger partial charge in [-0.05, 0) is 30.2 Å². The number of fused-ring (bicyclic) bond motifs is 2. The minimum atomic E-state index is -1.32. The number of aryl methyl sites for hydroxylation is 1. The van der Waals surface area contributed by atoms with Gasteiger partial charge in [-0.2, -0.15) is 0 Å². The van der Waals surface area contributed by atoms with Crippen molar-refractivity contribution in [3.05, 3.63) is 64.5 Å². The molecule has 0 spiro atoms. The number of benzene rings is 2. The first-order valence-corrected chi connectivity index (χ1v) is 8.97. The molecule has 0 saturated heterocycles. The Morgan fingerprint density at radius 3 is 2.71 bits per heavy atom. The van der Waals surface area contributed by atoms with Crippen molar-refractivity contribution in [2.75, 3.05) is 6.61 Å². The lowest BCUT2D eigenvalue weighted by molar-refractivity contribution is -0.307. The molecule has 6 nitrogen and oxygen atoms in total. The summed E-state index contributed by atoms with van der Waals surface area (Å²) in [5.41, 5.74) is 1.86. The summed E-state index contributed by atoms with van der Waals surface area (Å²) < 4.78 is 16.8. The maximum atomic E-state index is 13.1. The molecule has 0 aliphatic rings. The molecular weight excluding hydrogens is 360 g/mol. The fraction of sp³-hybridized carbons (Fsp3) is 0.182. The molecule has 28 heavy (non-hydrogen) atoms. The van der Waals surface area contributed by atoms with Crippen LogP contribution < -0.4 is 15.3 Å². The maximum absolute atomic E-state index is 13.1. The molecule has 0 saturated carbocycles. The summed E-state index contributed by atoms with van der Waals surface area (Å²) in [6.07, 6.45) is 2.79. The van der Waals surface area contributed by atoms with Gasteiger partial charge in [0.15, 0.2) is 0 Å². The van der Waals surface area contributed by atoms with Gasteiger partial charge < -0.3 is 23.5 Å². The number of carbonyl (C=O) groups is 1. The van der Waals surface area contributed by atoms with Crippen LogP contribution in [-0.4, -0.2) is 12.6 Å². The van der Waals surface area contributed by atoms with Crippen LogP contribution in [0.4, 0.5) is 0 Å². The van der Waals surface area contributed by atoms with Crippen LogP contribution in [0, 0.1) is 0 Å². The molecule has 0 atom stereocenters. The van der Waals surface area contributed by atoms with Crippen LogP contribution in [0.3, 0.4) is 0 Å². The first kappa shape index (κ1) is 17.9. The number of para-hydroxylation sites is 1. The van der Waals surface area contributed by atoms with Gasteiger partial charge in [-0.15, -0.1) is 0 Å². The van der Waals surface area contributed by atoms with Crippen molar-refractivity contribution in [2.45, 2.75) is 19.8 Å². The minimum absolute atomic E-state index is 0.218. The lowest BCUT2D eigenvalue weighted by atomic mass is 10.0. The number of ether oxygens (including phenoxy) is 1. The molecule has 0 N–H and O–H groups in total. The highest BCUT2D eigenvalue weighted by Crippen LogP contribution is 2.30. The average Bonchev–Trinajstić information content (AvgIpc) is 3.11. The molecule has 0 fully saturated rings. The van der Waals surface area contributed by atoms with E-state index >= 15 is 0 Å². The number of rotatable bonds is 6. The van der Waals surface area contributed by atoms with Gasteiger partial charge in [0, 0.05) is 11.5 Å². The fourth-order valence-corrected chi connectivity index (χ4v) is 3.22. The van der Waals surface area contributed by atoms with Crippen LogP contribution in [-0.2, 0) is 11.2 Å². The summed E-state index contributed by atoms with van der Waals surface area (Å²) in [4.78, 5) is 23.8. The Morgan fingerprint density at radius 2 is 1.96 bits per heavy atom. The third kappa shape index (κ3) is 3.24. The third-order valence-electron chi connectivity index (χ3n) is 4.51. The molecule has 2 aromatic heterocycles. The zero-order chi connectivity index (χ0) is 19.7. The second-order valence-corrected chi connectivity index (χ2v) is 6.49. The first-order valence-electron chi connectivity index (χ1n) is 8.97. The smallest absolute Gasteiger partial charge is 0.203 e. The molecule has 142 valence electrons. The van der Waals surface area contributed by atoms with Crippen LogP contribution in [0.5, 0.6) is 5.75 Å². The van der Waals surface area contributed by atoms with Crippen LogP contribution in [0.2, 0.25) is 0 Å². The van der Waals surface area contributed by atoms with Crippen LogP contribution in [0.25, 0.3) is 33.3 Å². The molecule has 4 rings (SSSR count). The molecular formula is C22H17O6-. The number of aliphatic carboxylic acids is 1. The molecule has 0 radical (unpaired) electrons. The van der Waals surface area contributed by atoms with Gasteiger partial charge in [0.1, 0.15) is 41.1 Å². The topological polar surface area (TPSA) is 92.7 Å². The second-order valence-electron chi connectivity index (χ2n) is 6.49. The van der Waals surface area contributed by atoms with Gasteiger partial charge in [-0.3, -0.25) is 4.79 Å². The summed E-state index contributed by atoms with van der Waals surface area (Å²) in [6.45, 7) is 1.42. The molecule has 2 heterocycles. The Kier molecular flexibility index (Phi) is 4.61. The van der Waals surface area contributed by atoms with Crippen molar-refractivity contribution in [3.63, 3.8) is 0 Å². The number of carboxylic acid groups (broad SMARTS) is 1. The van der Waals surface area contributed by atoms with Crippen molar-refractivity contribution in [3.8, 4) is 17.1 Å². The standard InChI is InChI=1S/C22H18O6/c1-2-5-13-8-15-19(10-18(13)27-12-21(23)24)26-11-16(22(15)25)20-9-14-6-3-4-7-17(14)28-20/h3-4,6-11H,2,5,12H2,1H3,(H,23,24)/p-1. The quantitative estimate of drug-likeness (QED) is 0.512. The van der Waals surface area contributed by atoms with E-state index in [9.17, 15) is 14.7 Å². The molecule has 2 aromatic carbocycles. The maximum Gasteiger partial charge on any atom is 0.203 e. The monoisotopic (exact) mass is 377 g/mol. The molecule has 0 unspecified atom stereocenters. The van der Waals surface area contributed by atoms with Crippen molar-refractivity contribution >= 4 is 27.9 Å². The average molecular weight is 377 g/mol. The van der Waals surface area contributed by atoms with Crippen LogP contribution >= 0.6 is 0 Å². The summed E-state index contributed by atoms with van der Waals surface area (Å²) in [5.74, 6) is -0.506. The summed E-state index contributed by atoms with van der Waals surface area (Å²) >= 11 is 0.